The van der Waals surface area contributed by atoms with Gasteiger partial charge in [-0.2, -0.15) is 0 Å². The Bertz CT molecular complexity index is 222. The van der Waals surface area contributed by atoms with Crippen LogP contribution in [-0.4, -0.2) is 31.6 Å². The Balaban J connectivity index is 1.71. The van der Waals surface area contributed by atoms with E-state index in [1.54, 1.807) is 0 Å². The highest BCUT2D eigenvalue weighted by Gasteiger charge is 2.22. The standard InChI is InChI=1S/C12H22N2O/c1-2-3-11-9-14-12(15-11)8-10-4-6-13-7-5-10/h10-11,13H,2-9H2,1H3. The zero-order valence-electron chi connectivity index (χ0n) is 9.67. The topological polar surface area (TPSA) is 33.6 Å². The molecule has 1 fully saturated rings. The van der Waals surface area contributed by atoms with Crippen LogP contribution in [0.4, 0.5) is 0 Å². The third-order valence-corrected chi connectivity index (χ3v) is 3.31. The Morgan fingerprint density at radius 1 is 1.40 bits per heavy atom. The maximum Gasteiger partial charge on any atom is 0.183 e. The number of nitrogens with zero attached hydrogens (tertiary/aromatic N) is 1. The van der Waals surface area contributed by atoms with Crippen LogP contribution in [0.1, 0.15) is 39.0 Å². The van der Waals surface area contributed by atoms with Crippen LogP contribution in [0.2, 0.25) is 0 Å². The van der Waals surface area contributed by atoms with E-state index in [0.717, 1.165) is 44.3 Å². The van der Waals surface area contributed by atoms with E-state index in [2.05, 4.69) is 17.2 Å². The number of hydrogen-bond donors (Lipinski definition) is 1. The molecule has 0 radical (unpaired) electrons. The summed E-state index contributed by atoms with van der Waals surface area (Å²) in [6.45, 7) is 5.43. The average Bonchev–Trinajstić information content (AvgIpc) is 2.68. The van der Waals surface area contributed by atoms with E-state index in [0.29, 0.717) is 6.10 Å². The number of rotatable bonds is 4. The van der Waals surface area contributed by atoms with Gasteiger partial charge in [0.1, 0.15) is 6.10 Å². The average molecular weight is 210 g/mol. The molecule has 0 aliphatic carbocycles. The van der Waals surface area contributed by atoms with Crippen LogP contribution in [0, 0.1) is 5.92 Å². The summed E-state index contributed by atoms with van der Waals surface area (Å²) in [7, 11) is 0. The summed E-state index contributed by atoms with van der Waals surface area (Å²) in [6.07, 6.45) is 6.36. The van der Waals surface area contributed by atoms with Crippen molar-refractivity contribution in [3.63, 3.8) is 0 Å². The summed E-state index contributed by atoms with van der Waals surface area (Å²) < 4.78 is 5.83. The van der Waals surface area contributed by atoms with Crippen LogP contribution in [0.15, 0.2) is 4.99 Å². The third kappa shape index (κ3) is 3.20. The van der Waals surface area contributed by atoms with Gasteiger partial charge in [0, 0.05) is 6.42 Å². The Morgan fingerprint density at radius 3 is 2.93 bits per heavy atom. The second kappa shape index (κ2) is 5.50. The van der Waals surface area contributed by atoms with Crippen molar-refractivity contribution < 1.29 is 4.74 Å². The van der Waals surface area contributed by atoms with Crippen molar-refractivity contribution in [2.24, 2.45) is 10.9 Å². The molecule has 0 aromatic carbocycles. The van der Waals surface area contributed by atoms with E-state index in [-0.39, 0.29) is 0 Å². The summed E-state index contributed by atoms with van der Waals surface area (Å²) >= 11 is 0. The zero-order valence-corrected chi connectivity index (χ0v) is 9.67. The monoisotopic (exact) mass is 210 g/mol. The van der Waals surface area contributed by atoms with Crippen LogP contribution >= 0.6 is 0 Å². The molecule has 3 heteroatoms. The fourth-order valence-corrected chi connectivity index (χ4v) is 2.39. The number of nitrogens with one attached hydrogen (secondary N) is 1. The fourth-order valence-electron chi connectivity index (χ4n) is 2.39. The molecular weight excluding hydrogens is 188 g/mol. The van der Waals surface area contributed by atoms with E-state index < -0.39 is 0 Å². The number of aliphatic imine (C=N–C) groups is 1. The van der Waals surface area contributed by atoms with Gasteiger partial charge in [-0.05, 0) is 38.3 Å². The highest BCUT2D eigenvalue weighted by molar-refractivity contribution is 5.77. The summed E-state index contributed by atoms with van der Waals surface area (Å²) in [5, 5.41) is 3.39. The lowest BCUT2D eigenvalue weighted by Crippen LogP contribution is -2.29. The van der Waals surface area contributed by atoms with Gasteiger partial charge in [-0.15, -0.1) is 0 Å². The lowest BCUT2D eigenvalue weighted by molar-refractivity contribution is 0.201. The van der Waals surface area contributed by atoms with Crippen LogP contribution < -0.4 is 5.32 Å². The van der Waals surface area contributed by atoms with Crippen LogP contribution in [-0.2, 0) is 4.74 Å². The number of piperidine rings is 1. The number of hydrogen-bond acceptors (Lipinski definition) is 3. The molecule has 1 saturated heterocycles. The van der Waals surface area contributed by atoms with E-state index >= 15 is 0 Å². The van der Waals surface area contributed by atoms with E-state index in [1.807, 2.05) is 0 Å². The first-order chi connectivity index (χ1) is 7.38. The van der Waals surface area contributed by atoms with Gasteiger partial charge >= 0.3 is 0 Å². The fraction of sp³-hybridized carbons (Fsp3) is 0.917. The quantitative estimate of drug-likeness (QED) is 0.769. The van der Waals surface area contributed by atoms with E-state index in [4.69, 9.17) is 4.74 Å². The molecule has 2 aliphatic heterocycles. The lowest BCUT2D eigenvalue weighted by atomic mass is 9.95. The van der Waals surface area contributed by atoms with Crippen LogP contribution in [0.5, 0.6) is 0 Å². The third-order valence-electron chi connectivity index (χ3n) is 3.31. The molecule has 0 spiro atoms. The highest BCUT2D eigenvalue weighted by Crippen LogP contribution is 2.21. The normalized spacial score (nSPS) is 27.5. The van der Waals surface area contributed by atoms with Gasteiger partial charge in [0.05, 0.1) is 6.54 Å². The summed E-state index contributed by atoms with van der Waals surface area (Å²) in [5.74, 6) is 1.82. The molecule has 2 aliphatic rings. The predicted octanol–water partition coefficient (Wildman–Crippen LogP) is 1.97. The molecule has 1 unspecified atom stereocenters. The molecule has 3 nitrogen and oxygen atoms in total. The van der Waals surface area contributed by atoms with Crippen molar-refractivity contribution in [1.29, 1.82) is 0 Å². The van der Waals surface area contributed by atoms with Gasteiger partial charge in [0.2, 0.25) is 0 Å². The van der Waals surface area contributed by atoms with Gasteiger partial charge in [0.15, 0.2) is 5.90 Å². The SMILES string of the molecule is CCCC1CN=C(CC2CCNCC2)O1. The molecule has 1 atom stereocenters. The minimum absolute atomic E-state index is 0.381. The molecule has 0 bridgehead atoms. The number of ether oxygens (including phenoxy) is 1. The first kappa shape index (κ1) is 10.9. The van der Waals surface area contributed by atoms with Gasteiger partial charge in [0.25, 0.3) is 0 Å². The zero-order chi connectivity index (χ0) is 10.5. The van der Waals surface area contributed by atoms with Crippen LogP contribution in [0.3, 0.4) is 0 Å². The molecule has 2 rings (SSSR count). The van der Waals surface area contributed by atoms with Crippen molar-refractivity contribution >= 4 is 5.90 Å². The first-order valence-electron chi connectivity index (χ1n) is 6.29. The summed E-state index contributed by atoms with van der Waals surface area (Å²) in [5.41, 5.74) is 0. The largest absolute Gasteiger partial charge is 0.476 e. The van der Waals surface area contributed by atoms with Crippen molar-refractivity contribution in [3.8, 4) is 0 Å². The second-order valence-electron chi connectivity index (χ2n) is 4.66. The highest BCUT2D eigenvalue weighted by atomic mass is 16.5. The van der Waals surface area contributed by atoms with Gasteiger partial charge in [-0.1, -0.05) is 13.3 Å². The Kier molecular flexibility index (Phi) is 4.01. The van der Waals surface area contributed by atoms with Gasteiger partial charge in [-0.3, -0.25) is 4.99 Å². The maximum atomic E-state index is 5.83. The van der Waals surface area contributed by atoms with E-state index in [9.17, 15) is 0 Å². The van der Waals surface area contributed by atoms with Gasteiger partial charge < -0.3 is 10.1 Å². The predicted molar refractivity (Wildman–Crippen MR) is 62.3 cm³/mol. The summed E-state index contributed by atoms with van der Waals surface area (Å²) in [6, 6.07) is 0. The van der Waals surface area contributed by atoms with Crippen molar-refractivity contribution in [2.75, 3.05) is 19.6 Å². The molecule has 86 valence electrons. The minimum atomic E-state index is 0.381. The minimum Gasteiger partial charge on any atom is -0.476 e. The molecule has 0 aromatic heterocycles. The van der Waals surface area contributed by atoms with Crippen molar-refractivity contribution in [3.05, 3.63) is 0 Å². The molecule has 2 heterocycles. The second-order valence-corrected chi connectivity index (χ2v) is 4.66. The van der Waals surface area contributed by atoms with Crippen molar-refractivity contribution in [2.45, 2.75) is 45.1 Å². The molecule has 15 heavy (non-hydrogen) atoms. The molecule has 0 amide bonds. The molecule has 0 aromatic rings. The van der Waals surface area contributed by atoms with Gasteiger partial charge in [-0.25, -0.2) is 0 Å². The summed E-state index contributed by atoms with van der Waals surface area (Å²) in [4.78, 5) is 4.50. The maximum absolute atomic E-state index is 5.83. The van der Waals surface area contributed by atoms with Crippen LogP contribution in [0.25, 0.3) is 0 Å². The Labute approximate surface area is 92.3 Å². The molecule has 1 N–H and O–H groups in total. The van der Waals surface area contributed by atoms with Crippen molar-refractivity contribution in [1.82, 2.24) is 5.32 Å². The molecule has 0 saturated carbocycles. The smallest absolute Gasteiger partial charge is 0.183 e. The van der Waals surface area contributed by atoms with E-state index in [1.165, 1.54) is 19.3 Å². The first-order valence-corrected chi connectivity index (χ1v) is 6.29. The Morgan fingerprint density at radius 2 is 2.20 bits per heavy atom. The molecular formula is C12H22N2O. The lowest BCUT2D eigenvalue weighted by Gasteiger charge is -2.22. The Hall–Kier alpha value is -0.570.